The van der Waals surface area contributed by atoms with Gasteiger partial charge in [0, 0.05) is 6.04 Å². The van der Waals surface area contributed by atoms with Gasteiger partial charge in [-0.15, -0.1) is 0 Å². The quantitative estimate of drug-likeness (QED) is 0.672. The van der Waals surface area contributed by atoms with Crippen LogP contribution < -0.4 is 5.32 Å². The van der Waals surface area contributed by atoms with Gasteiger partial charge in [0.25, 0.3) is 0 Å². The first-order valence-electron chi connectivity index (χ1n) is 6.37. The highest BCUT2D eigenvalue weighted by Gasteiger charge is 2.17. The van der Waals surface area contributed by atoms with E-state index in [2.05, 4.69) is 46.9 Å². The predicted molar refractivity (Wildman–Crippen MR) is 67.2 cm³/mol. The molecule has 0 heterocycles. The number of hydrogen-bond donors (Lipinski definition) is 1. The first kappa shape index (κ1) is 14.9. The van der Waals surface area contributed by atoms with Crippen LogP contribution in [0.25, 0.3) is 0 Å². The molecule has 0 saturated heterocycles. The van der Waals surface area contributed by atoms with Crippen molar-refractivity contribution in [1.29, 1.82) is 0 Å². The molecule has 2 heteroatoms. The molecule has 2 nitrogen and oxygen atoms in total. The lowest BCUT2D eigenvalue weighted by molar-refractivity contribution is 0.0138. The SMILES string of the molecule is CCNC(COC(C)C(C)C)C(C)CC. The Kier molecular flexibility index (Phi) is 8.07. The Hall–Kier alpha value is -0.0800. The summed E-state index contributed by atoms with van der Waals surface area (Å²) >= 11 is 0. The van der Waals surface area contributed by atoms with Gasteiger partial charge in [-0.1, -0.05) is 41.0 Å². The summed E-state index contributed by atoms with van der Waals surface area (Å²) in [5, 5.41) is 3.50. The molecule has 3 atom stereocenters. The van der Waals surface area contributed by atoms with Gasteiger partial charge in [-0.3, -0.25) is 0 Å². The molecule has 0 radical (unpaired) electrons. The minimum absolute atomic E-state index is 0.357. The van der Waals surface area contributed by atoms with Gasteiger partial charge in [-0.05, 0) is 25.3 Å². The van der Waals surface area contributed by atoms with Crippen LogP contribution in [0.15, 0.2) is 0 Å². The predicted octanol–water partition coefficient (Wildman–Crippen LogP) is 3.07. The summed E-state index contributed by atoms with van der Waals surface area (Å²) in [6.07, 6.45) is 1.56. The van der Waals surface area contributed by atoms with Crippen LogP contribution in [-0.4, -0.2) is 25.3 Å². The second-order valence-corrected chi connectivity index (χ2v) is 4.83. The van der Waals surface area contributed by atoms with Crippen LogP contribution in [0.2, 0.25) is 0 Å². The number of nitrogens with one attached hydrogen (secondary N) is 1. The van der Waals surface area contributed by atoms with Crippen molar-refractivity contribution >= 4 is 0 Å². The molecule has 0 amide bonds. The lowest BCUT2D eigenvalue weighted by Gasteiger charge is -2.26. The highest BCUT2D eigenvalue weighted by Crippen LogP contribution is 2.11. The van der Waals surface area contributed by atoms with Crippen LogP contribution in [0.1, 0.15) is 48.0 Å². The molecule has 92 valence electrons. The van der Waals surface area contributed by atoms with Crippen LogP contribution >= 0.6 is 0 Å². The molecule has 0 aromatic carbocycles. The summed E-state index contributed by atoms with van der Waals surface area (Å²) in [6.45, 7) is 15.1. The van der Waals surface area contributed by atoms with E-state index in [1.807, 2.05) is 0 Å². The van der Waals surface area contributed by atoms with Crippen LogP contribution in [-0.2, 0) is 4.74 Å². The van der Waals surface area contributed by atoms with E-state index >= 15 is 0 Å². The Morgan fingerprint density at radius 2 is 1.67 bits per heavy atom. The molecule has 0 bridgehead atoms. The van der Waals surface area contributed by atoms with Gasteiger partial charge >= 0.3 is 0 Å². The first-order chi connectivity index (χ1) is 7.02. The molecular formula is C13H29NO. The van der Waals surface area contributed by atoms with E-state index in [1.54, 1.807) is 0 Å². The van der Waals surface area contributed by atoms with Crippen molar-refractivity contribution in [2.24, 2.45) is 11.8 Å². The average molecular weight is 215 g/mol. The van der Waals surface area contributed by atoms with Crippen LogP contribution in [0, 0.1) is 11.8 Å². The van der Waals surface area contributed by atoms with Gasteiger partial charge in [-0.2, -0.15) is 0 Å². The van der Waals surface area contributed by atoms with Crippen molar-refractivity contribution in [2.45, 2.75) is 60.1 Å². The Balaban J connectivity index is 3.95. The molecule has 0 spiro atoms. The maximum atomic E-state index is 5.88. The lowest BCUT2D eigenvalue weighted by atomic mass is 9.99. The summed E-state index contributed by atoms with van der Waals surface area (Å²) in [5.74, 6) is 1.29. The summed E-state index contributed by atoms with van der Waals surface area (Å²) in [6, 6.07) is 0.501. The van der Waals surface area contributed by atoms with Gasteiger partial charge in [0.1, 0.15) is 0 Å². The third kappa shape index (κ3) is 6.16. The van der Waals surface area contributed by atoms with E-state index in [-0.39, 0.29) is 0 Å². The fraction of sp³-hybridized carbons (Fsp3) is 1.00. The molecule has 0 aliphatic rings. The zero-order chi connectivity index (χ0) is 11.8. The highest BCUT2D eigenvalue weighted by atomic mass is 16.5. The van der Waals surface area contributed by atoms with Crippen molar-refractivity contribution in [2.75, 3.05) is 13.2 Å². The maximum Gasteiger partial charge on any atom is 0.0625 e. The fourth-order valence-corrected chi connectivity index (χ4v) is 1.42. The molecule has 0 fully saturated rings. The van der Waals surface area contributed by atoms with Crippen LogP contribution in [0.5, 0.6) is 0 Å². The molecular weight excluding hydrogens is 186 g/mol. The Morgan fingerprint density at radius 3 is 2.07 bits per heavy atom. The summed E-state index contributed by atoms with van der Waals surface area (Å²) < 4.78 is 5.88. The molecule has 0 aromatic heterocycles. The van der Waals surface area contributed by atoms with E-state index in [0.29, 0.717) is 24.0 Å². The van der Waals surface area contributed by atoms with Crippen molar-refractivity contribution in [3.63, 3.8) is 0 Å². The summed E-state index contributed by atoms with van der Waals surface area (Å²) in [5.41, 5.74) is 0. The number of likely N-dealkylation sites (N-methyl/N-ethyl adjacent to an activating group) is 1. The second kappa shape index (κ2) is 8.12. The zero-order valence-corrected chi connectivity index (χ0v) is 11.3. The van der Waals surface area contributed by atoms with E-state index in [0.717, 1.165) is 13.2 Å². The van der Waals surface area contributed by atoms with Gasteiger partial charge < -0.3 is 10.1 Å². The topological polar surface area (TPSA) is 21.3 Å². The largest absolute Gasteiger partial charge is 0.377 e. The van der Waals surface area contributed by atoms with Crippen molar-refractivity contribution in [3.8, 4) is 0 Å². The standard InChI is InChI=1S/C13H29NO/c1-7-11(5)13(14-8-2)9-15-12(6)10(3)4/h10-14H,7-9H2,1-6H3. The van der Waals surface area contributed by atoms with Gasteiger partial charge in [0.15, 0.2) is 0 Å². The van der Waals surface area contributed by atoms with Crippen molar-refractivity contribution in [3.05, 3.63) is 0 Å². The Morgan fingerprint density at radius 1 is 1.07 bits per heavy atom. The third-order valence-corrected chi connectivity index (χ3v) is 3.27. The zero-order valence-electron chi connectivity index (χ0n) is 11.3. The van der Waals surface area contributed by atoms with Crippen LogP contribution in [0.4, 0.5) is 0 Å². The van der Waals surface area contributed by atoms with Gasteiger partial charge in [-0.25, -0.2) is 0 Å². The monoisotopic (exact) mass is 215 g/mol. The molecule has 3 unspecified atom stereocenters. The van der Waals surface area contributed by atoms with Crippen LogP contribution in [0.3, 0.4) is 0 Å². The normalized spacial score (nSPS) is 17.8. The fourth-order valence-electron chi connectivity index (χ4n) is 1.42. The number of ether oxygens (including phenoxy) is 1. The van der Waals surface area contributed by atoms with Gasteiger partial charge in [0.2, 0.25) is 0 Å². The molecule has 15 heavy (non-hydrogen) atoms. The van der Waals surface area contributed by atoms with E-state index < -0.39 is 0 Å². The second-order valence-electron chi connectivity index (χ2n) is 4.83. The Bertz CT molecular complexity index is 147. The molecule has 0 aliphatic carbocycles. The van der Waals surface area contributed by atoms with Crippen molar-refractivity contribution in [1.82, 2.24) is 5.32 Å². The maximum absolute atomic E-state index is 5.88. The first-order valence-corrected chi connectivity index (χ1v) is 6.37. The number of hydrogen-bond acceptors (Lipinski definition) is 2. The molecule has 0 aliphatic heterocycles. The van der Waals surface area contributed by atoms with E-state index in [4.69, 9.17) is 4.74 Å². The number of rotatable bonds is 8. The van der Waals surface area contributed by atoms with Crippen molar-refractivity contribution < 1.29 is 4.74 Å². The molecule has 0 saturated carbocycles. The molecule has 0 aromatic rings. The average Bonchev–Trinajstić information content (AvgIpc) is 2.22. The van der Waals surface area contributed by atoms with E-state index in [1.165, 1.54) is 6.42 Å². The third-order valence-electron chi connectivity index (χ3n) is 3.27. The van der Waals surface area contributed by atoms with E-state index in [9.17, 15) is 0 Å². The smallest absolute Gasteiger partial charge is 0.0625 e. The minimum Gasteiger partial charge on any atom is -0.377 e. The minimum atomic E-state index is 0.357. The van der Waals surface area contributed by atoms with Gasteiger partial charge in [0.05, 0.1) is 12.7 Å². The summed E-state index contributed by atoms with van der Waals surface area (Å²) in [7, 11) is 0. The highest BCUT2D eigenvalue weighted by molar-refractivity contribution is 4.72. The summed E-state index contributed by atoms with van der Waals surface area (Å²) in [4.78, 5) is 0. The lowest BCUT2D eigenvalue weighted by Crippen LogP contribution is -2.40. The molecule has 1 N–H and O–H groups in total. The Labute approximate surface area is 95.8 Å². The molecule has 0 rings (SSSR count).